The van der Waals surface area contributed by atoms with Crippen LogP contribution in [0.15, 0.2) is 30.6 Å². The predicted molar refractivity (Wildman–Crippen MR) is 72.9 cm³/mol. The predicted octanol–water partition coefficient (Wildman–Crippen LogP) is 1.77. The highest BCUT2D eigenvalue weighted by Gasteiger charge is 2.15. The van der Waals surface area contributed by atoms with Gasteiger partial charge in [0, 0.05) is 18.5 Å². The average molecular weight is 290 g/mol. The minimum absolute atomic E-state index is 0.0341. The van der Waals surface area contributed by atoms with Gasteiger partial charge in [0.2, 0.25) is 0 Å². The fourth-order valence-corrected chi connectivity index (χ4v) is 1.77. The molecule has 0 aliphatic rings. The number of rotatable bonds is 6. The third kappa shape index (κ3) is 3.19. The molecular formula is C14H14N2O5. The van der Waals surface area contributed by atoms with Crippen molar-refractivity contribution in [1.29, 1.82) is 0 Å². The highest BCUT2D eigenvalue weighted by Crippen LogP contribution is 2.30. The topological polar surface area (TPSA) is 90.8 Å². The maximum absolute atomic E-state index is 11.1. The van der Waals surface area contributed by atoms with Gasteiger partial charge in [0.25, 0.3) is 0 Å². The van der Waals surface area contributed by atoms with Gasteiger partial charge in [-0.2, -0.15) is 0 Å². The number of methoxy groups -OCH3 is 2. The lowest BCUT2D eigenvalue weighted by Crippen LogP contribution is -2.07. The normalized spacial score (nSPS) is 10.0. The van der Waals surface area contributed by atoms with Gasteiger partial charge in [0.05, 0.1) is 14.2 Å². The van der Waals surface area contributed by atoms with Crippen LogP contribution in [-0.4, -0.2) is 35.3 Å². The van der Waals surface area contributed by atoms with Crippen LogP contribution in [0.1, 0.15) is 16.2 Å². The molecule has 21 heavy (non-hydrogen) atoms. The largest absolute Gasteiger partial charge is 0.493 e. The highest BCUT2D eigenvalue weighted by atomic mass is 16.5. The molecule has 0 unspecified atom stereocenters. The van der Waals surface area contributed by atoms with E-state index in [0.717, 1.165) is 0 Å². The van der Waals surface area contributed by atoms with Gasteiger partial charge < -0.3 is 19.3 Å². The summed E-state index contributed by atoms with van der Waals surface area (Å²) in [4.78, 5) is 19.0. The molecule has 0 radical (unpaired) electrons. The van der Waals surface area contributed by atoms with Crippen molar-refractivity contribution in [2.45, 2.75) is 6.61 Å². The number of pyridine rings is 2. The molecule has 7 heteroatoms. The zero-order valence-electron chi connectivity index (χ0n) is 11.6. The highest BCUT2D eigenvalue weighted by molar-refractivity contribution is 5.88. The Hall–Kier alpha value is -2.83. The van der Waals surface area contributed by atoms with Crippen molar-refractivity contribution in [3.63, 3.8) is 0 Å². The molecule has 0 bridgehead atoms. The Kier molecular flexibility index (Phi) is 4.55. The van der Waals surface area contributed by atoms with Gasteiger partial charge in [0.15, 0.2) is 22.9 Å². The second-order valence-corrected chi connectivity index (χ2v) is 3.94. The van der Waals surface area contributed by atoms with Crippen molar-refractivity contribution in [2.24, 2.45) is 0 Å². The molecule has 0 aliphatic heterocycles. The first-order chi connectivity index (χ1) is 10.2. The van der Waals surface area contributed by atoms with Gasteiger partial charge in [-0.05, 0) is 12.1 Å². The Labute approximate surface area is 121 Å². The Bertz CT molecular complexity index is 645. The van der Waals surface area contributed by atoms with Crippen LogP contribution < -0.4 is 14.2 Å². The molecule has 2 heterocycles. The van der Waals surface area contributed by atoms with E-state index in [4.69, 9.17) is 19.3 Å². The number of hydrogen-bond donors (Lipinski definition) is 1. The molecule has 1 N–H and O–H groups in total. The number of hydrogen-bond acceptors (Lipinski definition) is 6. The molecule has 0 amide bonds. The minimum Gasteiger partial charge on any atom is -0.493 e. The molecule has 7 nitrogen and oxygen atoms in total. The summed E-state index contributed by atoms with van der Waals surface area (Å²) in [5, 5.41) is 9.04. The Morgan fingerprint density at radius 2 is 1.95 bits per heavy atom. The second-order valence-electron chi connectivity index (χ2n) is 3.94. The van der Waals surface area contributed by atoms with Crippen molar-refractivity contribution >= 4 is 5.97 Å². The number of carboxylic acid groups (broad SMARTS) is 1. The number of nitrogens with zero attached hydrogens (tertiary/aromatic N) is 2. The molecule has 0 atom stereocenters. The summed E-state index contributed by atoms with van der Waals surface area (Å²) in [5.41, 5.74) is 0.344. The molecule has 0 aliphatic carbocycles. The molecule has 2 aromatic rings. The number of ether oxygens (including phenoxy) is 3. The van der Waals surface area contributed by atoms with Crippen molar-refractivity contribution in [3.05, 3.63) is 42.0 Å². The van der Waals surface area contributed by atoms with Crippen LogP contribution in [0, 0.1) is 0 Å². The number of carbonyl (C=O) groups is 1. The lowest BCUT2D eigenvalue weighted by molar-refractivity contribution is 0.0684. The Morgan fingerprint density at radius 1 is 1.14 bits per heavy atom. The monoisotopic (exact) mass is 290 g/mol. The van der Waals surface area contributed by atoms with E-state index in [9.17, 15) is 4.79 Å². The first kappa shape index (κ1) is 14.6. The summed E-state index contributed by atoms with van der Waals surface area (Å²) in [6.45, 7) is 0.0341. The van der Waals surface area contributed by atoms with E-state index in [2.05, 4.69) is 9.97 Å². The summed E-state index contributed by atoms with van der Waals surface area (Å²) in [5.74, 6) is -0.0238. The number of aromatic nitrogens is 2. The molecule has 0 aromatic carbocycles. The van der Waals surface area contributed by atoms with Crippen LogP contribution in [-0.2, 0) is 6.61 Å². The smallest absolute Gasteiger partial charge is 0.358 e. The minimum atomic E-state index is -1.16. The van der Waals surface area contributed by atoms with Crippen LogP contribution in [0.25, 0.3) is 0 Å². The maximum Gasteiger partial charge on any atom is 0.358 e. The van der Waals surface area contributed by atoms with Crippen LogP contribution in [0.2, 0.25) is 0 Å². The Morgan fingerprint density at radius 3 is 2.62 bits per heavy atom. The fourth-order valence-electron chi connectivity index (χ4n) is 1.77. The van der Waals surface area contributed by atoms with E-state index < -0.39 is 5.97 Å². The van der Waals surface area contributed by atoms with Crippen molar-refractivity contribution < 1.29 is 24.1 Å². The molecule has 0 fully saturated rings. The van der Waals surface area contributed by atoms with Crippen LogP contribution in [0.3, 0.4) is 0 Å². The molecule has 0 saturated heterocycles. The standard InChI is InChI=1S/C14H14N2O5/c1-19-11-5-7-15-9(13(11)20-2)8-21-10-4-3-6-16-12(10)14(17)18/h3-7H,8H2,1-2H3,(H,17,18). The lowest BCUT2D eigenvalue weighted by Gasteiger charge is -2.12. The zero-order valence-corrected chi connectivity index (χ0v) is 11.6. The summed E-state index contributed by atoms with van der Waals surface area (Å²) in [7, 11) is 3.02. The average Bonchev–Trinajstić information content (AvgIpc) is 2.52. The van der Waals surface area contributed by atoms with Gasteiger partial charge in [-0.15, -0.1) is 0 Å². The van der Waals surface area contributed by atoms with Crippen molar-refractivity contribution in [1.82, 2.24) is 9.97 Å². The lowest BCUT2D eigenvalue weighted by atomic mass is 10.3. The summed E-state index contributed by atoms with van der Waals surface area (Å²) < 4.78 is 15.9. The van der Waals surface area contributed by atoms with E-state index >= 15 is 0 Å². The van der Waals surface area contributed by atoms with Gasteiger partial charge in [0.1, 0.15) is 12.3 Å². The van der Waals surface area contributed by atoms with Crippen molar-refractivity contribution in [3.8, 4) is 17.2 Å². The fraction of sp³-hybridized carbons (Fsp3) is 0.214. The summed E-state index contributed by atoms with van der Waals surface area (Å²) in [6.07, 6.45) is 2.95. The van der Waals surface area contributed by atoms with Gasteiger partial charge in [-0.3, -0.25) is 4.98 Å². The molecule has 2 rings (SSSR count). The summed E-state index contributed by atoms with van der Waals surface area (Å²) in [6, 6.07) is 4.79. The number of carboxylic acids is 1. The van der Waals surface area contributed by atoms with Crippen LogP contribution in [0.5, 0.6) is 17.2 Å². The third-order valence-corrected chi connectivity index (χ3v) is 2.70. The maximum atomic E-state index is 11.1. The van der Waals surface area contributed by atoms with Crippen molar-refractivity contribution in [2.75, 3.05) is 14.2 Å². The first-order valence-corrected chi connectivity index (χ1v) is 6.04. The SMILES string of the molecule is COc1ccnc(COc2cccnc2C(=O)O)c1OC. The zero-order chi connectivity index (χ0) is 15.2. The van der Waals surface area contributed by atoms with E-state index in [-0.39, 0.29) is 18.1 Å². The third-order valence-electron chi connectivity index (χ3n) is 2.70. The van der Waals surface area contributed by atoms with E-state index in [1.807, 2.05) is 0 Å². The van der Waals surface area contributed by atoms with E-state index in [0.29, 0.717) is 17.2 Å². The van der Waals surface area contributed by atoms with Gasteiger partial charge in [-0.25, -0.2) is 9.78 Å². The first-order valence-electron chi connectivity index (χ1n) is 6.04. The van der Waals surface area contributed by atoms with Crippen LogP contribution >= 0.6 is 0 Å². The molecule has 0 saturated carbocycles. The molecule has 110 valence electrons. The van der Waals surface area contributed by atoms with E-state index in [1.54, 1.807) is 18.3 Å². The quantitative estimate of drug-likeness (QED) is 0.866. The molecule has 2 aromatic heterocycles. The molecular weight excluding hydrogens is 276 g/mol. The summed E-state index contributed by atoms with van der Waals surface area (Å²) >= 11 is 0. The van der Waals surface area contributed by atoms with E-state index in [1.165, 1.54) is 26.5 Å². The molecule has 0 spiro atoms. The van der Waals surface area contributed by atoms with Crippen LogP contribution in [0.4, 0.5) is 0 Å². The second kappa shape index (κ2) is 6.56. The number of aromatic carboxylic acids is 1. The van der Waals surface area contributed by atoms with Gasteiger partial charge >= 0.3 is 5.97 Å². The van der Waals surface area contributed by atoms with Gasteiger partial charge in [-0.1, -0.05) is 0 Å². The Balaban J connectivity index is 2.23.